The molecular weight excluding hydrogens is 296 g/mol. The second kappa shape index (κ2) is 6.03. The van der Waals surface area contributed by atoms with Gasteiger partial charge in [-0.05, 0) is 23.8 Å². The molecule has 0 aliphatic heterocycles. The van der Waals surface area contributed by atoms with Crippen molar-refractivity contribution in [1.29, 1.82) is 0 Å². The summed E-state index contributed by atoms with van der Waals surface area (Å²) in [6.45, 7) is 0. The number of aldehydes is 1. The quantitative estimate of drug-likeness (QED) is 0.609. The Morgan fingerprint density at radius 3 is 2.59 bits per heavy atom. The zero-order valence-corrected chi connectivity index (χ0v) is 11.5. The van der Waals surface area contributed by atoms with Crippen molar-refractivity contribution in [2.45, 2.75) is 10.6 Å². The zero-order valence-electron chi connectivity index (χ0n) is 9.10. The second-order valence-corrected chi connectivity index (χ2v) is 5.51. The van der Waals surface area contributed by atoms with Crippen molar-refractivity contribution in [3.8, 4) is 0 Å². The van der Waals surface area contributed by atoms with E-state index in [0.717, 1.165) is 27.0 Å². The van der Waals surface area contributed by atoms with Crippen molar-refractivity contribution in [2.24, 2.45) is 0 Å². The molecule has 86 valence electrons. The van der Waals surface area contributed by atoms with Crippen LogP contribution in [0.15, 0.2) is 57.9 Å². The van der Waals surface area contributed by atoms with Crippen LogP contribution in [0.1, 0.15) is 15.9 Å². The molecule has 0 N–H and O–H groups in total. The Bertz CT molecular complexity index is 511. The second-order valence-electron chi connectivity index (χ2n) is 3.57. The summed E-state index contributed by atoms with van der Waals surface area (Å²) in [4.78, 5) is 12.0. The first-order valence-electron chi connectivity index (χ1n) is 5.21. The average Bonchev–Trinajstić information content (AvgIpc) is 2.38. The van der Waals surface area contributed by atoms with Gasteiger partial charge in [0.25, 0.3) is 0 Å². The first-order valence-corrected chi connectivity index (χ1v) is 6.99. The van der Waals surface area contributed by atoms with Crippen LogP contribution in [0.2, 0.25) is 0 Å². The molecule has 2 rings (SSSR count). The van der Waals surface area contributed by atoms with Gasteiger partial charge in [0, 0.05) is 20.7 Å². The lowest BCUT2D eigenvalue weighted by Crippen LogP contribution is -1.86. The number of halogens is 1. The number of hydrogen-bond donors (Lipinski definition) is 0. The summed E-state index contributed by atoms with van der Waals surface area (Å²) in [6, 6.07) is 16.0. The first-order chi connectivity index (χ1) is 8.29. The molecule has 0 bridgehead atoms. The molecule has 2 aromatic rings. The molecule has 0 aliphatic rings. The molecule has 17 heavy (non-hydrogen) atoms. The van der Waals surface area contributed by atoms with Gasteiger partial charge < -0.3 is 0 Å². The molecule has 0 unspecified atom stereocenters. The molecule has 0 atom stereocenters. The zero-order chi connectivity index (χ0) is 12.1. The van der Waals surface area contributed by atoms with E-state index in [1.54, 1.807) is 11.8 Å². The highest BCUT2D eigenvalue weighted by atomic mass is 79.9. The van der Waals surface area contributed by atoms with Crippen molar-refractivity contribution in [3.63, 3.8) is 0 Å². The highest BCUT2D eigenvalue weighted by Crippen LogP contribution is 2.27. The molecule has 0 spiro atoms. The Labute approximate surface area is 113 Å². The lowest BCUT2D eigenvalue weighted by Gasteiger charge is -2.05. The number of thioether (sulfide) groups is 1. The minimum absolute atomic E-state index is 0.736. The van der Waals surface area contributed by atoms with E-state index in [2.05, 4.69) is 28.1 Å². The Morgan fingerprint density at radius 1 is 1.12 bits per heavy atom. The van der Waals surface area contributed by atoms with Gasteiger partial charge in [-0.1, -0.05) is 46.3 Å². The largest absolute Gasteiger partial charge is 0.298 e. The highest BCUT2D eigenvalue weighted by molar-refractivity contribution is 9.10. The van der Waals surface area contributed by atoms with Gasteiger partial charge in [-0.3, -0.25) is 4.79 Å². The van der Waals surface area contributed by atoms with Crippen LogP contribution in [0.4, 0.5) is 0 Å². The lowest BCUT2D eigenvalue weighted by atomic mass is 10.2. The number of rotatable bonds is 4. The van der Waals surface area contributed by atoms with Gasteiger partial charge >= 0.3 is 0 Å². The maximum Gasteiger partial charge on any atom is 0.151 e. The van der Waals surface area contributed by atoms with Gasteiger partial charge in [-0.2, -0.15) is 0 Å². The molecule has 2 aromatic carbocycles. The van der Waals surface area contributed by atoms with E-state index in [1.165, 1.54) is 5.56 Å². The van der Waals surface area contributed by atoms with E-state index in [4.69, 9.17) is 0 Å². The number of carbonyl (C=O) groups is 1. The molecule has 0 heterocycles. The third-order valence-electron chi connectivity index (χ3n) is 2.34. The molecule has 0 fully saturated rings. The minimum atomic E-state index is 0.736. The molecule has 0 saturated heterocycles. The maximum atomic E-state index is 11.0. The predicted molar refractivity (Wildman–Crippen MR) is 75.5 cm³/mol. The lowest BCUT2D eigenvalue weighted by molar-refractivity contribution is 0.112. The van der Waals surface area contributed by atoms with Crippen molar-refractivity contribution in [3.05, 3.63) is 64.1 Å². The summed E-state index contributed by atoms with van der Waals surface area (Å²) in [5, 5.41) is 0. The summed E-state index contributed by atoms with van der Waals surface area (Å²) in [5.41, 5.74) is 2.00. The SMILES string of the molecule is O=Cc1cc(Br)ccc1SCc1ccccc1. The Balaban J connectivity index is 2.11. The summed E-state index contributed by atoms with van der Waals surface area (Å²) in [7, 11) is 0. The minimum Gasteiger partial charge on any atom is -0.298 e. The van der Waals surface area contributed by atoms with E-state index in [1.807, 2.05) is 36.4 Å². The van der Waals surface area contributed by atoms with Crippen molar-refractivity contribution in [1.82, 2.24) is 0 Å². The fourth-order valence-corrected chi connectivity index (χ4v) is 2.81. The van der Waals surface area contributed by atoms with E-state index >= 15 is 0 Å². The Morgan fingerprint density at radius 2 is 1.88 bits per heavy atom. The molecule has 0 amide bonds. The topological polar surface area (TPSA) is 17.1 Å². The van der Waals surface area contributed by atoms with Crippen LogP contribution in [0.3, 0.4) is 0 Å². The summed E-state index contributed by atoms with van der Waals surface area (Å²) >= 11 is 5.05. The van der Waals surface area contributed by atoms with Crippen molar-refractivity contribution >= 4 is 34.0 Å². The first kappa shape index (κ1) is 12.4. The van der Waals surface area contributed by atoms with E-state index < -0.39 is 0 Å². The van der Waals surface area contributed by atoms with E-state index in [9.17, 15) is 4.79 Å². The Hall–Kier alpha value is -1.06. The van der Waals surface area contributed by atoms with Crippen LogP contribution in [0.5, 0.6) is 0 Å². The molecule has 1 nitrogen and oxygen atoms in total. The number of hydrogen-bond acceptors (Lipinski definition) is 2. The van der Waals surface area contributed by atoms with Crippen molar-refractivity contribution < 1.29 is 4.79 Å². The summed E-state index contributed by atoms with van der Waals surface area (Å²) in [6.07, 6.45) is 0.901. The molecule has 3 heteroatoms. The maximum absolute atomic E-state index is 11.0. The standard InChI is InChI=1S/C14H11BrOS/c15-13-6-7-14(12(8-13)9-16)17-10-11-4-2-1-3-5-11/h1-9H,10H2. The predicted octanol–water partition coefficient (Wildman–Crippen LogP) is 4.55. The van der Waals surface area contributed by atoms with Gasteiger partial charge in [0.05, 0.1) is 0 Å². The normalized spacial score (nSPS) is 10.2. The summed E-state index contributed by atoms with van der Waals surface area (Å²) in [5.74, 6) is 0.878. The Kier molecular flexibility index (Phi) is 4.40. The van der Waals surface area contributed by atoms with Gasteiger partial charge in [0.15, 0.2) is 6.29 Å². The number of carbonyl (C=O) groups excluding carboxylic acids is 1. The molecule has 0 aromatic heterocycles. The van der Waals surface area contributed by atoms with E-state index in [0.29, 0.717) is 0 Å². The van der Waals surface area contributed by atoms with E-state index in [-0.39, 0.29) is 0 Å². The van der Waals surface area contributed by atoms with Crippen molar-refractivity contribution in [2.75, 3.05) is 0 Å². The fourth-order valence-electron chi connectivity index (χ4n) is 1.48. The van der Waals surface area contributed by atoms with Crippen LogP contribution in [-0.2, 0) is 5.75 Å². The summed E-state index contributed by atoms with van der Waals surface area (Å²) < 4.78 is 0.934. The van der Waals surface area contributed by atoms with Crippen LogP contribution < -0.4 is 0 Å². The monoisotopic (exact) mass is 306 g/mol. The molecular formula is C14H11BrOS. The van der Waals surface area contributed by atoms with Gasteiger partial charge in [-0.15, -0.1) is 11.8 Å². The third-order valence-corrected chi connectivity index (χ3v) is 3.99. The molecule has 0 aliphatic carbocycles. The van der Waals surface area contributed by atoms with Gasteiger partial charge in [0.2, 0.25) is 0 Å². The third kappa shape index (κ3) is 3.45. The van der Waals surface area contributed by atoms with Crippen LogP contribution in [-0.4, -0.2) is 6.29 Å². The smallest absolute Gasteiger partial charge is 0.151 e. The molecule has 0 radical (unpaired) electrons. The van der Waals surface area contributed by atoms with Gasteiger partial charge in [-0.25, -0.2) is 0 Å². The average molecular weight is 307 g/mol. The highest BCUT2D eigenvalue weighted by Gasteiger charge is 2.03. The molecule has 0 saturated carbocycles. The van der Waals surface area contributed by atoms with Crippen LogP contribution in [0.25, 0.3) is 0 Å². The van der Waals surface area contributed by atoms with Gasteiger partial charge in [0.1, 0.15) is 0 Å². The van der Waals surface area contributed by atoms with Crippen LogP contribution in [0, 0.1) is 0 Å². The number of benzene rings is 2. The van der Waals surface area contributed by atoms with Crippen LogP contribution >= 0.6 is 27.7 Å². The fraction of sp³-hybridized carbons (Fsp3) is 0.0714.